The molecule has 0 saturated carbocycles. The van der Waals surface area contributed by atoms with E-state index in [9.17, 15) is 9.18 Å². The van der Waals surface area contributed by atoms with E-state index in [0.29, 0.717) is 38.4 Å². The highest BCUT2D eigenvalue weighted by atomic mass is 19.1. The Balaban J connectivity index is 1.39. The van der Waals surface area contributed by atoms with Crippen LogP contribution >= 0.6 is 0 Å². The van der Waals surface area contributed by atoms with E-state index in [1.54, 1.807) is 12.0 Å². The normalized spacial score (nSPS) is 18.3. The van der Waals surface area contributed by atoms with Gasteiger partial charge < -0.3 is 19.1 Å². The Kier molecular flexibility index (Phi) is 8.06. The van der Waals surface area contributed by atoms with Crippen LogP contribution in [0.5, 0.6) is 5.75 Å². The lowest BCUT2D eigenvalue weighted by Crippen LogP contribution is -2.41. The van der Waals surface area contributed by atoms with Gasteiger partial charge in [-0.05, 0) is 48.2 Å². The zero-order valence-corrected chi connectivity index (χ0v) is 20.2. The van der Waals surface area contributed by atoms with E-state index in [0.717, 1.165) is 42.7 Å². The highest BCUT2D eigenvalue weighted by Crippen LogP contribution is 2.37. The molecule has 0 radical (unpaired) electrons. The van der Waals surface area contributed by atoms with Gasteiger partial charge in [0, 0.05) is 65.1 Å². The van der Waals surface area contributed by atoms with Crippen molar-refractivity contribution in [3.63, 3.8) is 0 Å². The van der Waals surface area contributed by atoms with Crippen LogP contribution in [0, 0.1) is 5.82 Å². The molecule has 0 unspecified atom stereocenters. The number of amides is 2. The second-order valence-corrected chi connectivity index (χ2v) is 9.18. The van der Waals surface area contributed by atoms with Crippen molar-refractivity contribution in [2.24, 2.45) is 0 Å². The lowest BCUT2D eigenvalue weighted by molar-refractivity contribution is -0.0950. The summed E-state index contributed by atoms with van der Waals surface area (Å²) in [5.74, 6) is 0.120. The van der Waals surface area contributed by atoms with Crippen LogP contribution in [0.2, 0.25) is 0 Å². The molecule has 4 rings (SSSR count). The van der Waals surface area contributed by atoms with E-state index in [2.05, 4.69) is 0 Å². The Hall–Kier alpha value is -2.64. The summed E-state index contributed by atoms with van der Waals surface area (Å²) in [6, 6.07) is 12.6. The topological polar surface area (TPSA) is 51.2 Å². The Morgan fingerprint density at radius 1 is 1.06 bits per heavy atom. The molecule has 2 aromatic rings. The van der Waals surface area contributed by atoms with Crippen LogP contribution in [-0.2, 0) is 21.7 Å². The third-order valence-corrected chi connectivity index (χ3v) is 6.98. The standard InChI is InChI=1S/C27H35FN2O4/c1-29(26(31)30-13-5-3-4-6-14-30)24-9-7-21(8-10-24)20-34-25-18-22(17-23(28)19-25)27(32-2)11-15-33-16-12-27/h7-10,17-19H,3-6,11-16,20H2,1-2H3. The van der Waals surface area contributed by atoms with E-state index in [4.69, 9.17) is 14.2 Å². The fourth-order valence-electron chi connectivity index (χ4n) is 4.79. The number of likely N-dealkylation sites (tertiary alicyclic amines) is 1. The van der Waals surface area contributed by atoms with Crippen molar-refractivity contribution in [2.75, 3.05) is 45.4 Å². The molecule has 2 aromatic carbocycles. The molecule has 0 aromatic heterocycles. The van der Waals surface area contributed by atoms with Gasteiger partial charge in [0.1, 0.15) is 18.2 Å². The van der Waals surface area contributed by atoms with Gasteiger partial charge in [-0.25, -0.2) is 9.18 Å². The predicted octanol–water partition coefficient (Wildman–Crippen LogP) is 5.49. The van der Waals surface area contributed by atoms with Crippen LogP contribution in [0.15, 0.2) is 42.5 Å². The molecule has 0 aliphatic carbocycles. The van der Waals surface area contributed by atoms with Gasteiger partial charge in [0.25, 0.3) is 0 Å². The van der Waals surface area contributed by atoms with Crippen molar-refractivity contribution in [3.8, 4) is 5.75 Å². The van der Waals surface area contributed by atoms with Crippen molar-refractivity contribution in [3.05, 3.63) is 59.4 Å². The third kappa shape index (κ3) is 5.70. The molecule has 6 nitrogen and oxygen atoms in total. The highest BCUT2D eigenvalue weighted by molar-refractivity contribution is 5.91. The first-order valence-corrected chi connectivity index (χ1v) is 12.2. The predicted molar refractivity (Wildman–Crippen MR) is 130 cm³/mol. The lowest BCUT2D eigenvalue weighted by atomic mass is 9.86. The summed E-state index contributed by atoms with van der Waals surface area (Å²) in [5.41, 5.74) is 2.01. The first kappa shape index (κ1) is 24.5. The van der Waals surface area contributed by atoms with Crippen LogP contribution in [0.3, 0.4) is 0 Å². The van der Waals surface area contributed by atoms with Gasteiger partial charge in [-0.3, -0.25) is 4.90 Å². The molecule has 34 heavy (non-hydrogen) atoms. The van der Waals surface area contributed by atoms with Crippen LogP contribution in [0.4, 0.5) is 14.9 Å². The number of carbonyl (C=O) groups is 1. The van der Waals surface area contributed by atoms with E-state index in [1.165, 1.54) is 25.0 Å². The number of benzene rings is 2. The fraction of sp³-hybridized carbons (Fsp3) is 0.519. The molecule has 2 saturated heterocycles. The minimum atomic E-state index is -0.551. The number of hydrogen-bond acceptors (Lipinski definition) is 4. The maximum atomic E-state index is 14.4. The minimum Gasteiger partial charge on any atom is -0.489 e. The Bertz CT molecular complexity index is 952. The number of anilines is 1. The smallest absolute Gasteiger partial charge is 0.324 e. The van der Waals surface area contributed by atoms with E-state index >= 15 is 0 Å². The van der Waals surface area contributed by atoms with E-state index < -0.39 is 5.60 Å². The molecule has 2 aliphatic rings. The van der Waals surface area contributed by atoms with Gasteiger partial charge in [0.05, 0.1) is 5.60 Å². The third-order valence-electron chi connectivity index (χ3n) is 6.98. The average molecular weight is 471 g/mol. The zero-order valence-electron chi connectivity index (χ0n) is 20.2. The number of urea groups is 1. The number of hydrogen-bond donors (Lipinski definition) is 0. The fourth-order valence-corrected chi connectivity index (χ4v) is 4.79. The van der Waals surface area contributed by atoms with Crippen molar-refractivity contribution in [1.29, 1.82) is 0 Å². The SMILES string of the molecule is COC1(c2cc(F)cc(OCc3ccc(N(C)C(=O)N4CCCCCC4)cc3)c2)CCOCC1. The highest BCUT2D eigenvalue weighted by Gasteiger charge is 2.35. The molecule has 2 heterocycles. The molecule has 2 aliphatic heterocycles. The van der Waals surface area contributed by atoms with Gasteiger partial charge in [-0.2, -0.15) is 0 Å². The number of nitrogens with zero attached hydrogens (tertiary/aromatic N) is 2. The Morgan fingerprint density at radius 3 is 2.38 bits per heavy atom. The second kappa shape index (κ2) is 11.2. The molecule has 2 fully saturated rings. The first-order chi connectivity index (χ1) is 16.5. The molecular weight excluding hydrogens is 435 g/mol. The molecule has 184 valence electrons. The van der Waals surface area contributed by atoms with Gasteiger partial charge in [-0.15, -0.1) is 0 Å². The number of ether oxygens (including phenoxy) is 3. The summed E-state index contributed by atoms with van der Waals surface area (Å²) in [7, 11) is 3.47. The zero-order chi connectivity index (χ0) is 24.0. The summed E-state index contributed by atoms with van der Waals surface area (Å²) in [5, 5.41) is 0. The molecule has 0 N–H and O–H groups in total. The van der Waals surface area contributed by atoms with Crippen LogP contribution in [-0.4, -0.2) is 51.4 Å². The summed E-state index contributed by atoms with van der Waals surface area (Å²) in [6.45, 7) is 3.11. The molecular formula is C27H35FN2O4. The Morgan fingerprint density at radius 2 is 1.74 bits per heavy atom. The van der Waals surface area contributed by atoms with Gasteiger partial charge in [-0.1, -0.05) is 25.0 Å². The van der Waals surface area contributed by atoms with E-state index in [-0.39, 0.29) is 11.8 Å². The lowest BCUT2D eigenvalue weighted by Gasteiger charge is -2.36. The largest absolute Gasteiger partial charge is 0.489 e. The van der Waals surface area contributed by atoms with Gasteiger partial charge in [0.2, 0.25) is 0 Å². The van der Waals surface area contributed by atoms with Crippen LogP contribution in [0.1, 0.15) is 49.7 Å². The van der Waals surface area contributed by atoms with Gasteiger partial charge in [0.15, 0.2) is 0 Å². The van der Waals surface area contributed by atoms with Crippen LogP contribution < -0.4 is 9.64 Å². The molecule has 7 heteroatoms. The van der Waals surface area contributed by atoms with Crippen molar-refractivity contribution in [1.82, 2.24) is 4.90 Å². The van der Waals surface area contributed by atoms with Crippen LogP contribution in [0.25, 0.3) is 0 Å². The maximum absolute atomic E-state index is 14.4. The number of carbonyl (C=O) groups excluding carboxylic acids is 1. The average Bonchev–Trinajstić information content (AvgIpc) is 3.17. The monoisotopic (exact) mass is 470 g/mol. The maximum Gasteiger partial charge on any atom is 0.324 e. The molecule has 0 spiro atoms. The number of rotatable bonds is 6. The summed E-state index contributed by atoms with van der Waals surface area (Å²) in [6.07, 6.45) is 5.87. The van der Waals surface area contributed by atoms with Gasteiger partial charge >= 0.3 is 6.03 Å². The quantitative estimate of drug-likeness (QED) is 0.560. The van der Waals surface area contributed by atoms with E-state index in [1.807, 2.05) is 42.3 Å². The molecule has 2 amide bonds. The molecule has 0 atom stereocenters. The van der Waals surface area contributed by atoms with Crippen molar-refractivity contribution in [2.45, 2.75) is 50.7 Å². The van der Waals surface area contributed by atoms with Crippen molar-refractivity contribution >= 4 is 11.7 Å². The summed E-state index contributed by atoms with van der Waals surface area (Å²) >= 11 is 0. The first-order valence-electron chi connectivity index (χ1n) is 12.2. The minimum absolute atomic E-state index is 0.0402. The summed E-state index contributed by atoms with van der Waals surface area (Å²) in [4.78, 5) is 16.5. The summed E-state index contributed by atoms with van der Waals surface area (Å²) < 4.78 is 31.6. The number of halogens is 1. The Labute approximate surface area is 201 Å². The number of methoxy groups -OCH3 is 1. The van der Waals surface area contributed by atoms with Crippen molar-refractivity contribution < 1.29 is 23.4 Å². The second-order valence-electron chi connectivity index (χ2n) is 9.18. The molecule has 0 bridgehead atoms.